The van der Waals surface area contributed by atoms with Crippen molar-refractivity contribution in [2.75, 3.05) is 14.1 Å². The van der Waals surface area contributed by atoms with Gasteiger partial charge in [0.2, 0.25) is 0 Å². The van der Waals surface area contributed by atoms with Crippen molar-refractivity contribution in [1.29, 1.82) is 0 Å². The Balaban J connectivity index is 4.40. The first kappa shape index (κ1) is 9.88. The molecule has 0 aliphatic heterocycles. The van der Waals surface area contributed by atoms with Crippen molar-refractivity contribution in [3.8, 4) is 0 Å². The molecule has 0 rings (SSSR count). The molecule has 0 radical (unpaired) electrons. The largest absolute Gasteiger partial charge is 0.301 e. The van der Waals surface area contributed by atoms with Crippen molar-refractivity contribution < 1.29 is 0 Å². The van der Waals surface area contributed by atoms with Gasteiger partial charge in [0.25, 0.3) is 0 Å². The molecule has 10 heavy (non-hydrogen) atoms. The predicted octanol–water partition coefficient (Wildman–Crippen LogP) is 0.165. The van der Waals surface area contributed by atoms with Gasteiger partial charge in [-0.05, 0) is 14.1 Å². The molecule has 0 heterocycles. The monoisotopic (exact) mass is 145 g/mol. The van der Waals surface area contributed by atoms with Gasteiger partial charge >= 0.3 is 0 Å². The van der Waals surface area contributed by atoms with Gasteiger partial charge in [0, 0.05) is 5.41 Å². The molecule has 0 aliphatic carbocycles. The summed E-state index contributed by atoms with van der Waals surface area (Å²) in [5.74, 6) is -0.729. The molecule has 0 bridgehead atoms. The predicted molar refractivity (Wildman–Crippen MR) is 44.2 cm³/mol. The lowest BCUT2D eigenvalue weighted by atomic mass is 9.87. The minimum atomic E-state index is -0.729. The molecule has 0 amide bonds. The van der Waals surface area contributed by atoms with Crippen LogP contribution in [0.15, 0.2) is 0 Å². The van der Waals surface area contributed by atoms with E-state index in [2.05, 4.69) is 0 Å². The molecule has 0 aromatic carbocycles. The quantitative estimate of drug-likeness (QED) is 0.517. The number of hydrogen-bond acceptors (Lipinski definition) is 3. The fourth-order valence-corrected chi connectivity index (χ4v) is 0.671. The van der Waals surface area contributed by atoms with Crippen molar-refractivity contribution in [2.45, 2.75) is 26.6 Å². The summed E-state index contributed by atoms with van der Waals surface area (Å²) >= 11 is 0. The summed E-state index contributed by atoms with van der Waals surface area (Å²) in [6, 6.07) is 0. The third kappa shape index (κ3) is 1.68. The highest BCUT2D eigenvalue weighted by molar-refractivity contribution is 4.86. The summed E-state index contributed by atoms with van der Waals surface area (Å²) in [5.41, 5.74) is 11.6. The standard InChI is InChI=1S/C7H19N3/c1-6(2,3)7(8,9)10(4)5/h8-9H2,1-5H3. The fraction of sp³-hybridized carbons (Fsp3) is 1.00. The van der Waals surface area contributed by atoms with Crippen molar-refractivity contribution in [2.24, 2.45) is 16.9 Å². The molecule has 0 atom stereocenters. The Kier molecular flexibility index (Phi) is 2.46. The number of hydrogen-bond donors (Lipinski definition) is 2. The normalized spacial score (nSPS) is 14.4. The minimum Gasteiger partial charge on any atom is -0.301 e. The van der Waals surface area contributed by atoms with E-state index in [4.69, 9.17) is 11.5 Å². The summed E-state index contributed by atoms with van der Waals surface area (Å²) in [6.07, 6.45) is 0. The molecular formula is C7H19N3. The van der Waals surface area contributed by atoms with Gasteiger partial charge in [0.1, 0.15) is 5.79 Å². The van der Waals surface area contributed by atoms with Crippen molar-refractivity contribution in [3.05, 3.63) is 0 Å². The van der Waals surface area contributed by atoms with Crippen LogP contribution in [0.1, 0.15) is 20.8 Å². The zero-order valence-electron chi connectivity index (χ0n) is 7.60. The van der Waals surface area contributed by atoms with Crippen LogP contribution in [-0.2, 0) is 0 Å². The number of nitrogens with zero attached hydrogens (tertiary/aromatic N) is 1. The first-order chi connectivity index (χ1) is 4.19. The van der Waals surface area contributed by atoms with Crippen LogP contribution in [0.5, 0.6) is 0 Å². The second-order valence-electron chi connectivity index (χ2n) is 3.97. The Hall–Kier alpha value is -0.120. The molecule has 0 unspecified atom stereocenters. The van der Waals surface area contributed by atoms with Crippen molar-refractivity contribution in [3.63, 3.8) is 0 Å². The van der Waals surface area contributed by atoms with Gasteiger partial charge in [-0.2, -0.15) is 0 Å². The van der Waals surface area contributed by atoms with Crippen LogP contribution in [0, 0.1) is 5.41 Å². The van der Waals surface area contributed by atoms with E-state index in [1.54, 1.807) is 0 Å². The molecule has 3 nitrogen and oxygen atoms in total. The van der Waals surface area contributed by atoms with E-state index in [-0.39, 0.29) is 5.41 Å². The average Bonchev–Trinajstić information content (AvgIpc) is 1.62. The Labute approximate surface area is 63.4 Å². The van der Waals surface area contributed by atoms with E-state index in [0.29, 0.717) is 0 Å². The molecule has 62 valence electrons. The highest BCUT2D eigenvalue weighted by atomic mass is 15.3. The van der Waals surface area contributed by atoms with Gasteiger partial charge in [0.15, 0.2) is 0 Å². The van der Waals surface area contributed by atoms with Gasteiger partial charge in [-0.15, -0.1) is 0 Å². The molecule has 0 saturated heterocycles. The topological polar surface area (TPSA) is 55.3 Å². The molecule has 0 aromatic rings. The highest BCUT2D eigenvalue weighted by Gasteiger charge is 2.36. The molecule has 4 N–H and O–H groups in total. The smallest absolute Gasteiger partial charge is 0.125 e. The van der Waals surface area contributed by atoms with E-state index in [1.165, 1.54) is 0 Å². The van der Waals surface area contributed by atoms with Crippen LogP contribution in [0.2, 0.25) is 0 Å². The summed E-state index contributed by atoms with van der Waals surface area (Å²) in [4.78, 5) is 1.83. The molecule has 0 aromatic heterocycles. The molecule has 0 spiro atoms. The SMILES string of the molecule is CN(C)C(N)(N)C(C)(C)C. The number of nitrogens with two attached hydrogens (primary N) is 2. The first-order valence-electron chi connectivity index (χ1n) is 3.45. The van der Waals surface area contributed by atoms with Gasteiger partial charge in [-0.3, -0.25) is 4.90 Å². The lowest BCUT2D eigenvalue weighted by Gasteiger charge is -2.43. The summed E-state index contributed by atoms with van der Waals surface area (Å²) in [5, 5.41) is 0. The maximum atomic E-state index is 5.84. The molecule has 3 heteroatoms. The molecule has 0 saturated carbocycles. The van der Waals surface area contributed by atoms with Gasteiger partial charge in [-0.1, -0.05) is 20.8 Å². The van der Waals surface area contributed by atoms with E-state index in [0.717, 1.165) is 0 Å². The van der Waals surface area contributed by atoms with Gasteiger partial charge in [-0.25, -0.2) is 0 Å². The third-order valence-electron chi connectivity index (χ3n) is 1.94. The van der Waals surface area contributed by atoms with Crippen LogP contribution < -0.4 is 11.5 Å². The van der Waals surface area contributed by atoms with Crippen LogP contribution >= 0.6 is 0 Å². The Bertz CT molecular complexity index is 111. The second-order valence-corrected chi connectivity index (χ2v) is 3.97. The average molecular weight is 145 g/mol. The van der Waals surface area contributed by atoms with Gasteiger partial charge < -0.3 is 11.5 Å². The zero-order chi connectivity index (χ0) is 8.58. The van der Waals surface area contributed by atoms with Crippen LogP contribution in [0.3, 0.4) is 0 Å². The summed E-state index contributed by atoms with van der Waals surface area (Å²) in [7, 11) is 3.76. The van der Waals surface area contributed by atoms with E-state index in [9.17, 15) is 0 Å². The van der Waals surface area contributed by atoms with E-state index in [1.807, 2.05) is 39.8 Å². The van der Waals surface area contributed by atoms with Gasteiger partial charge in [0.05, 0.1) is 0 Å². The Morgan fingerprint density at radius 2 is 1.30 bits per heavy atom. The van der Waals surface area contributed by atoms with Crippen LogP contribution in [0.25, 0.3) is 0 Å². The van der Waals surface area contributed by atoms with E-state index < -0.39 is 5.79 Å². The molecule has 0 aliphatic rings. The van der Waals surface area contributed by atoms with E-state index >= 15 is 0 Å². The first-order valence-corrected chi connectivity index (χ1v) is 3.45. The maximum absolute atomic E-state index is 5.84. The molecular weight excluding hydrogens is 126 g/mol. The zero-order valence-corrected chi connectivity index (χ0v) is 7.60. The number of rotatable bonds is 1. The minimum absolute atomic E-state index is 0.101. The van der Waals surface area contributed by atoms with Crippen LogP contribution in [0.4, 0.5) is 0 Å². The second kappa shape index (κ2) is 2.49. The highest BCUT2D eigenvalue weighted by Crippen LogP contribution is 2.24. The fourth-order valence-electron chi connectivity index (χ4n) is 0.671. The van der Waals surface area contributed by atoms with Crippen LogP contribution in [-0.4, -0.2) is 24.8 Å². The van der Waals surface area contributed by atoms with Crippen molar-refractivity contribution in [1.82, 2.24) is 4.90 Å². The third-order valence-corrected chi connectivity index (χ3v) is 1.94. The maximum Gasteiger partial charge on any atom is 0.125 e. The lowest BCUT2D eigenvalue weighted by molar-refractivity contribution is 0.0408. The lowest BCUT2D eigenvalue weighted by Crippen LogP contribution is -2.68. The summed E-state index contributed by atoms with van der Waals surface area (Å²) in [6.45, 7) is 6.06. The Morgan fingerprint density at radius 1 is 1.00 bits per heavy atom. The van der Waals surface area contributed by atoms with Crippen molar-refractivity contribution >= 4 is 0 Å². The molecule has 0 fully saturated rings. The summed E-state index contributed by atoms with van der Waals surface area (Å²) < 4.78 is 0. The Morgan fingerprint density at radius 3 is 1.30 bits per heavy atom.